The number of halogens is 1. The maximum absolute atomic E-state index is 14.0. The average molecular weight is 252 g/mol. The third kappa shape index (κ3) is 1.52. The van der Waals surface area contributed by atoms with Crippen molar-refractivity contribution in [3.63, 3.8) is 0 Å². The van der Waals surface area contributed by atoms with Gasteiger partial charge in [0.15, 0.2) is 34.6 Å². The van der Waals surface area contributed by atoms with Crippen LogP contribution in [0.15, 0.2) is 16.7 Å². The normalized spacial score (nSPS) is 13.6. The number of rotatable bonds is 1. The van der Waals surface area contributed by atoms with Crippen molar-refractivity contribution in [2.75, 3.05) is 18.9 Å². The van der Waals surface area contributed by atoms with Gasteiger partial charge < -0.3 is 24.8 Å². The summed E-state index contributed by atoms with van der Waals surface area (Å²) < 4.78 is 29.5. The van der Waals surface area contributed by atoms with E-state index in [0.29, 0.717) is 6.61 Å². The predicted octanol–water partition coefficient (Wildman–Crippen LogP) is 1.54. The first kappa shape index (κ1) is 10.7. The summed E-state index contributed by atoms with van der Waals surface area (Å²) in [7, 11) is 0. The number of ether oxygens (including phenoxy) is 2. The number of phenolic OH excluding ortho intramolecular Hbond substituents is 1. The molecule has 2 heterocycles. The van der Waals surface area contributed by atoms with Gasteiger partial charge in [-0.2, -0.15) is 0 Å². The van der Waals surface area contributed by atoms with E-state index in [2.05, 4.69) is 5.16 Å². The summed E-state index contributed by atoms with van der Waals surface area (Å²) in [5.74, 6) is -0.807. The molecular weight excluding hydrogens is 243 g/mol. The second kappa shape index (κ2) is 3.80. The molecule has 0 amide bonds. The lowest BCUT2D eigenvalue weighted by Gasteiger charge is -2.20. The van der Waals surface area contributed by atoms with Crippen molar-refractivity contribution in [2.45, 2.75) is 0 Å². The Morgan fingerprint density at radius 1 is 1.28 bits per heavy atom. The number of anilines is 1. The van der Waals surface area contributed by atoms with Gasteiger partial charge in [-0.1, -0.05) is 5.16 Å². The van der Waals surface area contributed by atoms with Gasteiger partial charge in [-0.3, -0.25) is 0 Å². The fraction of sp³-hybridized carbons (Fsp3) is 0.182. The van der Waals surface area contributed by atoms with Crippen molar-refractivity contribution >= 4 is 5.82 Å². The number of nitrogen functional groups attached to an aromatic ring is 1. The molecule has 1 aromatic carbocycles. The van der Waals surface area contributed by atoms with E-state index in [1.165, 1.54) is 6.07 Å². The van der Waals surface area contributed by atoms with Crippen LogP contribution in [0.3, 0.4) is 0 Å². The fourth-order valence-electron chi connectivity index (χ4n) is 1.78. The van der Waals surface area contributed by atoms with Gasteiger partial charge in [0.1, 0.15) is 18.8 Å². The molecule has 0 aliphatic carbocycles. The highest BCUT2D eigenvalue weighted by Gasteiger charge is 2.26. The van der Waals surface area contributed by atoms with Gasteiger partial charge in [0.25, 0.3) is 0 Å². The number of nitrogens with two attached hydrogens (primary N) is 1. The number of hydrogen-bond donors (Lipinski definition) is 2. The van der Waals surface area contributed by atoms with Crippen LogP contribution in [0.1, 0.15) is 0 Å². The highest BCUT2D eigenvalue weighted by Crippen LogP contribution is 2.45. The topological polar surface area (TPSA) is 90.7 Å². The summed E-state index contributed by atoms with van der Waals surface area (Å²) in [5.41, 5.74) is 5.37. The van der Waals surface area contributed by atoms with Crippen LogP contribution in [0.4, 0.5) is 10.2 Å². The summed E-state index contributed by atoms with van der Waals surface area (Å²) in [4.78, 5) is 0. The maximum Gasteiger partial charge on any atom is 0.179 e. The van der Waals surface area contributed by atoms with E-state index in [4.69, 9.17) is 19.7 Å². The molecule has 0 fully saturated rings. The molecule has 0 spiro atoms. The molecule has 1 aliphatic rings. The van der Waals surface area contributed by atoms with Crippen molar-refractivity contribution in [1.82, 2.24) is 5.16 Å². The van der Waals surface area contributed by atoms with Crippen LogP contribution >= 0.6 is 0 Å². The standard InChI is InChI=1S/C11H9FN2O4/c12-10-5(15)3-7-11(17-2-1-16-7)9(10)6-4-8(13)14-18-6/h3-4,15H,1-2H2,(H2,13,14). The lowest BCUT2D eigenvalue weighted by Crippen LogP contribution is -2.16. The van der Waals surface area contributed by atoms with E-state index in [0.717, 1.165) is 6.07 Å². The molecule has 0 atom stereocenters. The van der Waals surface area contributed by atoms with Crippen LogP contribution in [-0.4, -0.2) is 23.5 Å². The van der Waals surface area contributed by atoms with Gasteiger partial charge in [-0.15, -0.1) is 0 Å². The van der Waals surface area contributed by atoms with Crippen molar-refractivity contribution in [2.24, 2.45) is 0 Å². The Labute approximate surface area is 101 Å². The van der Waals surface area contributed by atoms with Crippen LogP contribution in [0.25, 0.3) is 11.3 Å². The summed E-state index contributed by atoms with van der Waals surface area (Å²) in [6.45, 7) is 0.615. The number of phenols is 1. The molecule has 1 aromatic heterocycles. The van der Waals surface area contributed by atoms with Crippen LogP contribution in [0.2, 0.25) is 0 Å². The molecule has 0 radical (unpaired) electrons. The van der Waals surface area contributed by atoms with E-state index in [-0.39, 0.29) is 35.2 Å². The zero-order valence-electron chi connectivity index (χ0n) is 9.14. The zero-order valence-corrected chi connectivity index (χ0v) is 9.14. The van der Waals surface area contributed by atoms with Crippen LogP contribution < -0.4 is 15.2 Å². The van der Waals surface area contributed by atoms with Crippen molar-refractivity contribution in [3.8, 4) is 28.6 Å². The van der Waals surface area contributed by atoms with Crippen molar-refractivity contribution < 1.29 is 23.5 Å². The third-order valence-corrected chi connectivity index (χ3v) is 2.53. The first-order valence-electron chi connectivity index (χ1n) is 5.20. The molecule has 6 nitrogen and oxygen atoms in total. The number of aromatic hydroxyl groups is 1. The van der Waals surface area contributed by atoms with Crippen molar-refractivity contribution in [1.29, 1.82) is 0 Å². The number of hydrogen-bond acceptors (Lipinski definition) is 6. The second-order valence-electron chi connectivity index (χ2n) is 3.72. The minimum atomic E-state index is -0.865. The molecule has 2 aromatic rings. The Morgan fingerprint density at radius 3 is 2.78 bits per heavy atom. The maximum atomic E-state index is 14.0. The smallest absolute Gasteiger partial charge is 0.179 e. The Hall–Kier alpha value is -2.44. The van der Waals surface area contributed by atoms with Gasteiger partial charge in [0.05, 0.1) is 0 Å². The molecule has 0 unspecified atom stereocenters. The molecule has 94 valence electrons. The molecule has 0 bridgehead atoms. The summed E-state index contributed by atoms with van der Waals surface area (Å²) in [5, 5.41) is 13.0. The van der Waals surface area contributed by atoms with E-state index in [1.807, 2.05) is 0 Å². The molecule has 0 saturated carbocycles. The quantitative estimate of drug-likeness (QED) is 0.800. The third-order valence-electron chi connectivity index (χ3n) is 2.53. The SMILES string of the molecule is Nc1cc(-c2c(F)c(O)cc3c2OCCO3)on1. The molecule has 18 heavy (non-hydrogen) atoms. The highest BCUT2D eigenvalue weighted by atomic mass is 19.1. The van der Waals surface area contributed by atoms with Gasteiger partial charge >= 0.3 is 0 Å². The molecule has 3 N–H and O–H groups in total. The van der Waals surface area contributed by atoms with Crippen molar-refractivity contribution in [3.05, 3.63) is 17.9 Å². The zero-order chi connectivity index (χ0) is 12.7. The van der Waals surface area contributed by atoms with E-state index >= 15 is 0 Å². The minimum absolute atomic E-state index is 0.0473. The monoisotopic (exact) mass is 252 g/mol. The van der Waals surface area contributed by atoms with Crippen LogP contribution in [0.5, 0.6) is 17.2 Å². The number of benzene rings is 1. The molecule has 7 heteroatoms. The number of aromatic nitrogens is 1. The molecule has 1 aliphatic heterocycles. The van der Waals surface area contributed by atoms with E-state index in [1.54, 1.807) is 0 Å². The van der Waals surface area contributed by atoms with Crippen LogP contribution in [0, 0.1) is 5.82 Å². The lowest BCUT2D eigenvalue weighted by atomic mass is 10.1. The Balaban J connectivity index is 2.26. The number of fused-ring (bicyclic) bond motifs is 1. The summed E-state index contributed by atoms with van der Waals surface area (Å²) in [6, 6.07) is 2.50. The van der Waals surface area contributed by atoms with Gasteiger partial charge in [-0.05, 0) is 0 Å². The Morgan fingerprint density at radius 2 is 2.06 bits per heavy atom. The summed E-state index contributed by atoms with van der Waals surface area (Å²) in [6.07, 6.45) is 0. The predicted molar refractivity (Wildman–Crippen MR) is 59.0 cm³/mol. The Bertz CT molecular complexity index is 611. The minimum Gasteiger partial charge on any atom is -0.505 e. The van der Waals surface area contributed by atoms with Gasteiger partial charge in [0, 0.05) is 12.1 Å². The van der Waals surface area contributed by atoms with Crippen LogP contribution in [-0.2, 0) is 0 Å². The Kier molecular flexibility index (Phi) is 2.26. The summed E-state index contributed by atoms with van der Waals surface area (Å²) >= 11 is 0. The number of nitrogens with zero attached hydrogens (tertiary/aromatic N) is 1. The van der Waals surface area contributed by atoms with Gasteiger partial charge in [-0.25, -0.2) is 4.39 Å². The fourth-order valence-corrected chi connectivity index (χ4v) is 1.78. The van der Waals surface area contributed by atoms with Gasteiger partial charge in [0.2, 0.25) is 0 Å². The second-order valence-corrected chi connectivity index (χ2v) is 3.72. The molecular formula is C11H9FN2O4. The average Bonchev–Trinajstić information content (AvgIpc) is 2.77. The first-order valence-corrected chi connectivity index (χ1v) is 5.20. The highest BCUT2D eigenvalue weighted by molar-refractivity contribution is 5.74. The molecule has 0 saturated heterocycles. The first-order chi connectivity index (χ1) is 8.66. The molecule has 3 rings (SSSR count). The van der Waals surface area contributed by atoms with E-state index < -0.39 is 11.6 Å². The largest absolute Gasteiger partial charge is 0.505 e. The van der Waals surface area contributed by atoms with E-state index in [9.17, 15) is 9.50 Å². The lowest BCUT2D eigenvalue weighted by molar-refractivity contribution is 0.170.